The van der Waals surface area contributed by atoms with Gasteiger partial charge in [-0.15, -0.1) is 0 Å². The number of carbonyl (C=O) groups excluding carboxylic acids is 1. The predicted octanol–water partition coefficient (Wildman–Crippen LogP) is 0.932. The summed E-state index contributed by atoms with van der Waals surface area (Å²) in [6, 6.07) is 5.86. The van der Waals surface area contributed by atoms with Gasteiger partial charge < -0.3 is 20.8 Å². The molecular formula is C13H14N2O4. The summed E-state index contributed by atoms with van der Waals surface area (Å²) in [6.07, 6.45) is 0.904. The first-order chi connectivity index (χ1) is 9.06. The second-order valence-corrected chi connectivity index (χ2v) is 4.23. The Balaban J connectivity index is 2.15. The SMILES string of the molecule is O=C(O)N[C@@H]1CC=C(c2ccc(O)cc2)CNC1=O. The number of carboxylic acid groups (broad SMARTS) is 1. The lowest BCUT2D eigenvalue weighted by Crippen LogP contribution is -2.45. The van der Waals surface area contributed by atoms with Crippen LogP contribution in [0.5, 0.6) is 5.75 Å². The van der Waals surface area contributed by atoms with Crippen LogP contribution >= 0.6 is 0 Å². The summed E-state index contributed by atoms with van der Waals surface area (Å²) in [5.74, 6) is -0.167. The molecule has 0 bridgehead atoms. The summed E-state index contributed by atoms with van der Waals surface area (Å²) in [5, 5.41) is 22.7. The minimum atomic E-state index is -1.22. The highest BCUT2D eigenvalue weighted by Crippen LogP contribution is 2.19. The average Bonchev–Trinajstić information content (AvgIpc) is 2.54. The molecule has 100 valence electrons. The normalized spacial score (nSPS) is 19.1. The summed E-state index contributed by atoms with van der Waals surface area (Å²) in [6.45, 7) is 0.335. The highest BCUT2D eigenvalue weighted by atomic mass is 16.4. The van der Waals surface area contributed by atoms with Crippen molar-refractivity contribution >= 4 is 17.6 Å². The van der Waals surface area contributed by atoms with Crippen molar-refractivity contribution in [3.8, 4) is 5.75 Å². The van der Waals surface area contributed by atoms with Crippen LogP contribution < -0.4 is 10.6 Å². The van der Waals surface area contributed by atoms with Gasteiger partial charge in [-0.3, -0.25) is 4.79 Å². The van der Waals surface area contributed by atoms with E-state index in [0.29, 0.717) is 13.0 Å². The topological polar surface area (TPSA) is 98.7 Å². The Hall–Kier alpha value is -2.50. The Bertz CT molecular complexity index is 522. The molecule has 6 nitrogen and oxygen atoms in total. The maximum absolute atomic E-state index is 11.7. The molecule has 4 N–H and O–H groups in total. The Morgan fingerprint density at radius 3 is 2.63 bits per heavy atom. The van der Waals surface area contributed by atoms with E-state index in [2.05, 4.69) is 10.6 Å². The first-order valence-electron chi connectivity index (χ1n) is 5.82. The number of phenolic OH excluding ortho intramolecular Hbond substituents is 1. The van der Waals surface area contributed by atoms with Crippen LogP contribution in [0.25, 0.3) is 5.57 Å². The molecule has 6 heteroatoms. The van der Waals surface area contributed by atoms with Gasteiger partial charge in [0.2, 0.25) is 5.91 Å². The number of phenols is 1. The van der Waals surface area contributed by atoms with E-state index in [1.54, 1.807) is 24.3 Å². The van der Waals surface area contributed by atoms with Crippen LogP contribution in [0, 0.1) is 0 Å². The maximum atomic E-state index is 11.7. The summed E-state index contributed by atoms with van der Waals surface area (Å²) >= 11 is 0. The minimum absolute atomic E-state index is 0.174. The Kier molecular flexibility index (Phi) is 3.70. The van der Waals surface area contributed by atoms with E-state index < -0.39 is 12.1 Å². The van der Waals surface area contributed by atoms with Crippen LogP contribution in [-0.2, 0) is 4.79 Å². The molecular weight excluding hydrogens is 248 g/mol. The average molecular weight is 262 g/mol. The van der Waals surface area contributed by atoms with Gasteiger partial charge in [0.05, 0.1) is 0 Å². The van der Waals surface area contributed by atoms with Crippen molar-refractivity contribution in [2.45, 2.75) is 12.5 Å². The third-order valence-electron chi connectivity index (χ3n) is 2.91. The number of benzene rings is 1. The van der Waals surface area contributed by atoms with Crippen LogP contribution in [-0.4, -0.2) is 34.8 Å². The maximum Gasteiger partial charge on any atom is 0.405 e. The van der Waals surface area contributed by atoms with Crippen molar-refractivity contribution in [3.05, 3.63) is 35.9 Å². The van der Waals surface area contributed by atoms with E-state index in [1.807, 2.05) is 6.08 Å². The van der Waals surface area contributed by atoms with Crippen molar-refractivity contribution in [2.24, 2.45) is 0 Å². The first kappa shape index (κ1) is 12.9. The van der Waals surface area contributed by atoms with Gasteiger partial charge in [-0.05, 0) is 29.7 Å². The molecule has 1 aliphatic rings. The van der Waals surface area contributed by atoms with Gasteiger partial charge in [-0.25, -0.2) is 4.79 Å². The Labute approximate surface area is 109 Å². The van der Waals surface area contributed by atoms with Gasteiger partial charge in [0, 0.05) is 6.54 Å². The number of amides is 2. The van der Waals surface area contributed by atoms with E-state index in [0.717, 1.165) is 11.1 Å². The highest BCUT2D eigenvalue weighted by molar-refractivity contribution is 5.88. The van der Waals surface area contributed by atoms with Crippen LogP contribution in [0.2, 0.25) is 0 Å². The summed E-state index contributed by atoms with van der Waals surface area (Å²) in [5.41, 5.74) is 1.78. The van der Waals surface area contributed by atoms with Crippen molar-refractivity contribution in [2.75, 3.05) is 6.54 Å². The molecule has 19 heavy (non-hydrogen) atoms. The highest BCUT2D eigenvalue weighted by Gasteiger charge is 2.22. The number of carbonyl (C=O) groups is 2. The van der Waals surface area contributed by atoms with Crippen LogP contribution in [0.4, 0.5) is 4.79 Å². The molecule has 0 fully saturated rings. The second kappa shape index (κ2) is 5.43. The van der Waals surface area contributed by atoms with E-state index in [4.69, 9.17) is 5.11 Å². The number of nitrogens with one attached hydrogen (secondary N) is 2. The van der Waals surface area contributed by atoms with Gasteiger partial charge in [0.25, 0.3) is 0 Å². The molecule has 1 aliphatic heterocycles. The third-order valence-corrected chi connectivity index (χ3v) is 2.91. The Morgan fingerprint density at radius 1 is 1.32 bits per heavy atom. The van der Waals surface area contributed by atoms with E-state index in [1.165, 1.54) is 0 Å². The van der Waals surface area contributed by atoms with Gasteiger partial charge in [0.15, 0.2) is 0 Å². The second-order valence-electron chi connectivity index (χ2n) is 4.23. The van der Waals surface area contributed by atoms with Crippen molar-refractivity contribution in [1.82, 2.24) is 10.6 Å². The molecule has 0 unspecified atom stereocenters. The number of aromatic hydroxyl groups is 1. The quantitative estimate of drug-likeness (QED) is 0.637. The van der Waals surface area contributed by atoms with Crippen LogP contribution in [0.15, 0.2) is 30.3 Å². The fraction of sp³-hybridized carbons (Fsp3) is 0.231. The zero-order chi connectivity index (χ0) is 13.8. The molecule has 2 amide bonds. The molecule has 2 rings (SSSR count). The van der Waals surface area contributed by atoms with E-state index >= 15 is 0 Å². The standard InChI is InChI=1S/C13H14N2O4/c16-10-4-1-8(2-5-10)9-3-6-11(15-13(18)19)12(17)14-7-9/h1-5,11,15-16H,6-7H2,(H,14,17)(H,18,19)/t11-/m1/s1. The molecule has 0 aromatic heterocycles. The summed E-state index contributed by atoms with van der Waals surface area (Å²) < 4.78 is 0. The van der Waals surface area contributed by atoms with E-state index in [9.17, 15) is 14.7 Å². The van der Waals surface area contributed by atoms with E-state index in [-0.39, 0.29) is 11.7 Å². The molecule has 0 saturated heterocycles. The lowest BCUT2D eigenvalue weighted by Gasteiger charge is -2.11. The molecule has 1 aromatic rings. The first-order valence-corrected chi connectivity index (χ1v) is 5.82. The summed E-state index contributed by atoms with van der Waals surface area (Å²) in [4.78, 5) is 22.2. The summed E-state index contributed by atoms with van der Waals surface area (Å²) in [7, 11) is 0. The van der Waals surface area contributed by atoms with Crippen molar-refractivity contribution in [3.63, 3.8) is 0 Å². The Morgan fingerprint density at radius 2 is 2.00 bits per heavy atom. The minimum Gasteiger partial charge on any atom is -0.508 e. The molecule has 1 aromatic carbocycles. The molecule has 1 heterocycles. The smallest absolute Gasteiger partial charge is 0.405 e. The number of rotatable bonds is 2. The molecule has 0 aliphatic carbocycles. The monoisotopic (exact) mass is 262 g/mol. The molecule has 0 radical (unpaired) electrons. The lowest BCUT2D eigenvalue weighted by atomic mass is 10.0. The zero-order valence-electron chi connectivity index (χ0n) is 10.1. The fourth-order valence-corrected chi connectivity index (χ4v) is 1.91. The number of hydrogen-bond donors (Lipinski definition) is 4. The van der Waals surface area contributed by atoms with Crippen LogP contribution in [0.1, 0.15) is 12.0 Å². The van der Waals surface area contributed by atoms with Gasteiger partial charge >= 0.3 is 6.09 Å². The van der Waals surface area contributed by atoms with Gasteiger partial charge in [-0.2, -0.15) is 0 Å². The fourth-order valence-electron chi connectivity index (χ4n) is 1.91. The molecule has 0 saturated carbocycles. The molecule has 0 spiro atoms. The largest absolute Gasteiger partial charge is 0.508 e. The third kappa shape index (κ3) is 3.25. The van der Waals surface area contributed by atoms with Crippen LogP contribution in [0.3, 0.4) is 0 Å². The van der Waals surface area contributed by atoms with Crippen molar-refractivity contribution in [1.29, 1.82) is 0 Å². The predicted molar refractivity (Wildman–Crippen MR) is 68.7 cm³/mol. The van der Waals surface area contributed by atoms with Crippen molar-refractivity contribution < 1.29 is 19.8 Å². The number of hydrogen-bond acceptors (Lipinski definition) is 3. The van der Waals surface area contributed by atoms with Gasteiger partial charge in [0.1, 0.15) is 11.8 Å². The van der Waals surface area contributed by atoms with Gasteiger partial charge in [-0.1, -0.05) is 18.2 Å². The molecule has 1 atom stereocenters. The zero-order valence-corrected chi connectivity index (χ0v) is 10.1. The lowest BCUT2D eigenvalue weighted by molar-refractivity contribution is -0.122.